The van der Waals surface area contributed by atoms with Crippen LogP contribution in [0.4, 0.5) is 0 Å². The molecular formula is C8H8NS. The Labute approximate surface area is 66.2 Å². The van der Waals surface area contributed by atoms with Gasteiger partial charge in [0.2, 0.25) is 0 Å². The van der Waals surface area contributed by atoms with Crippen LogP contribution in [0.1, 0.15) is 5.56 Å². The van der Waals surface area contributed by atoms with Gasteiger partial charge in [0.1, 0.15) is 0 Å². The normalized spacial score (nSPS) is 10.5. The Hall–Kier alpha value is -0.760. The molecule has 0 saturated carbocycles. The summed E-state index contributed by atoms with van der Waals surface area (Å²) in [4.78, 5) is 3.95. The SMILES string of the molecule is [S]CC=Cc1cccnc1. The molecule has 0 atom stereocenters. The minimum Gasteiger partial charge on any atom is -0.264 e. The first kappa shape index (κ1) is 7.35. The van der Waals surface area contributed by atoms with E-state index >= 15 is 0 Å². The van der Waals surface area contributed by atoms with Crippen LogP contribution in [-0.2, 0) is 0 Å². The first-order valence-electron chi connectivity index (χ1n) is 3.08. The van der Waals surface area contributed by atoms with E-state index in [1.807, 2.05) is 30.5 Å². The molecule has 10 heavy (non-hydrogen) atoms. The number of pyridine rings is 1. The summed E-state index contributed by atoms with van der Waals surface area (Å²) in [6.07, 6.45) is 7.47. The lowest BCUT2D eigenvalue weighted by Gasteiger charge is -1.87. The second kappa shape index (κ2) is 4.12. The Morgan fingerprint density at radius 1 is 1.60 bits per heavy atom. The average molecular weight is 150 g/mol. The molecule has 0 amide bonds. The molecule has 0 spiro atoms. The molecule has 0 bridgehead atoms. The minimum atomic E-state index is 0.662. The van der Waals surface area contributed by atoms with E-state index in [1.54, 1.807) is 6.20 Å². The van der Waals surface area contributed by atoms with E-state index in [0.29, 0.717) is 5.75 Å². The smallest absolute Gasteiger partial charge is 0.0340 e. The van der Waals surface area contributed by atoms with Crippen LogP contribution in [0.3, 0.4) is 0 Å². The maximum Gasteiger partial charge on any atom is 0.0340 e. The molecule has 1 radical (unpaired) electrons. The van der Waals surface area contributed by atoms with Gasteiger partial charge in [-0.1, -0.05) is 30.8 Å². The van der Waals surface area contributed by atoms with Gasteiger partial charge in [-0.15, -0.1) is 0 Å². The molecule has 0 saturated heterocycles. The molecule has 1 nitrogen and oxygen atoms in total. The summed E-state index contributed by atoms with van der Waals surface area (Å²) in [7, 11) is 0. The van der Waals surface area contributed by atoms with Gasteiger partial charge in [0.25, 0.3) is 0 Å². The van der Waals surface area contributed by atoms with Crippen LogP contribution in [-0.4, -0.2) is 10.7 Å². The van der Waals surface area contributed by atoms with Gasteiger partial charge in [-0.05, 0) is 11.6 Å². The third kappa shape index (κ3) is 2.23. The summed E-state index contributed by atoms with van der Waals surface area (Å²) in [5.41, 5.74) is 1.10. The van der Waals surface area contributed by atoms with Gasteiger partial charge in [0.05, 0.1) is 0 Å². The summed E-state index contributed by atoms with van der Waals surface area (Å²) in [5.74, 6) is 0.662. The van der Waals surface area contributed by atoms with Gasteiger partial charge in [0, 0.05) is 18.1 Å². The first-order chi connectivity index (χ1) is 4.93. The maximum absolute atomic E-state index is 4.74. The molecule has 0 aliphatic heterocycles. The van der Waals surface area contributed by atoms with Crippen molar-refractivity contribution in [1.29, 1.82) is 0 Å². The van der Waals surface area contributed by atoms with E-state index in [1.165, 1.54) is 0 Å². The molecule has 0 N–H and O–H groups in total. The van der Waals surface area contributed by atoms with Crippen molar-refractivity contribution in [3.05, 3.63) is 36.2 Å². The molecular weight excluding hydrogens is 142 g/mol. The largest absolute Gasteiger partial charge is 0.264 e. The van der Waals surface area contributed by atoms with Crippen molar-refractivity contribution < 1.29 is 0 Å². The highest BCUT2D eigenvalue weighted by atomic mass is 32.1. The lowest BCUT2D eigenvalue weighted by atomic mass is 10.3. The zero-order valence-corrected chi connectivity index (χ0v) is 6.34. The molecule has 0 unspecified atom stereocenters. The maximum atomic E-state index is 4.74. The molecule has 1 aromatic rings. The third-order valence-electron chi connectivity index (χ3n) is 1.09. The molecule has 0 fully saturated rings. The fourth-order valence-corrected chi connectivity index (χ4v) is 0.755. The van der Waals surface area contributed by atoms with Crippen LogP contribution >= 0.6 is 12.6 Å². The summed E-state index contributed by atoms with van der Waals surface area (Å²) >= 11 is 4.74. The van der Waals surface area contributed by atoms with Crippen molar-refractivity contribution in [2.45, 2.75) is 0 Å². The van der Waals surface area contributed by atoms with E-state index in [0.717, 1.165) is 5.56 Å². The Morgan fingerprint density at radius 3 is 3.10 bits per heavy atom. The second-order valence-corrected chi connectivity index (χ2v) is 2.19. The van der Waals surface area contributed by atoms with E-state index in [4.69, 9.17) is 12.6 Å². The summed E-state index contributed by atoms with van der Waals surface area (Å²) in [6.45, 7) is 0. The number of nitrogens with zero attached hydrogens (tertiary/aromatic N) is 1. The van der Waals surface area contributed by atoms with E-state index in [9.17, 15) is 0 Å². The zero-order valence-electron chi connectivity index (χ0n) is 5.53. The monoisotopic (exact) mass is 150 g/mol. The van der Waals surface area contributed by atoms with Crippen molar-refractivity contribution in [2.24, 2.45) is 0 Å². The quantitative estimate of drug-likeness (QED) is 0.630. The Kier molecular flexibility index (Phi) is 3.03. The van der Waals surface area contributed by atoms with Gasteiger partial charge in [0.15, 0.2) is 0 Å². The van der Waals surface area contributed by atoms with Crippen LogP contribution in [0, 0.1) is 0 Å². The number of rotatable bonds is 2. The van der Waals surface area contributed by atoms with E-state index in [2.05, 4.69) is 4.98 Å². The van der Waals surface area contributed by atoms with Crippen molar-refractivity contribution in [3.8, 4) is 0 Å². The number of hydrogen-bond acceptors (Lipinski definition) is 1. The highest BCUT2D eigenvalue weighted by Gasteiger charge is 1.80. The van der Waals surface area contributed by atoms with Gasteiger partial charge in [-0.25, -0.2) is 0 Å². The Balaban J connectivity index is 2.67. The van der Waals surface area contributed by atoms with Crippen molar-refractivity contribution in [3.63, 3.8) is 0 Å². The van der Waals surface area contributed by atoms with Crippen LogP contribution in [0.2, 0.25) is 0 Å². The Morgan fingerprint density at radius 2 is 2.50 bits per heavy atom. The lowest BCUT2D eigenvalue weighted by Crippen LogP contribution is -1.72. The predicted molar refractivity (Wildman–Crippen MR) is 45.7 cm³/mol. The molecule has 2 heteroatoms. The highest BCUT2D eigenvalue weighted by Crippen LogP contribution is 1.97. The standard InChI is InChI=1S/C8H8NS/c10-6-2-4-8-3-1-5-9-7-8/h1-5,7H,6H2. The molecule has 1 rings (SSSR count). The zero-order chi connectivity index (χ0) is 7.23. The summed E-state index contributed by atoms with van der Waals surface area (Å²) in [6, 6.07) is 3.90. The van der Waals surface area contributed by atoms with Crippen LogP contribution in [0.5, 0.6) is 0 Å². The molecule has 0 aliphatic rings. The van der Waals surface area contributed by atoms with Crippen LogP contribution < -0.4 is 0 Å². The molecule has 0 aliphatic carbocycles. The van der Waals surface area contributed by atoms with E-state index < -0.39 is 0 Å². The average Bonchev–Trinajstić information content (AvgIpc) is 2.03. The molecule has 51 valence electrons. The van der Waals surface area contributed by atoms with Crippen molar-refractivity contribution in [2.75, 3.05) is 5.75 Å². The summed E-state index contributed by atoms with van der Waals surface area (Å²) in [5, 5.41) is 0. The topological polar surface area (TPSA) is 12.9 Å². The number of hydrogen-bond donors (Lipinski definition) is 0. The molecule has 1 aromatic heterocycles. The fourth-order valence-electron chi connectivity index (χ4n) is 0.659. The third-order valence-corrected chi connectivity index (χ3v) is 1.28. The number of aromatic nitrogens is 1. The molecule has 0 aromatic carbocycles. The Bertz CT molecular complexity index is 206. The first-order valence-corrected chi connectivity index (χ1v) is 3.66. The van der Waals surface area contributed by atoms with Crippen molar-refractivity contribution >= 4 is 18.7 Å². The van der Waals surface area contributed by atoms with Crippen molar-refractivity contribution in [1.82, 2.24) is 4.98 Å². The van der Waals surface area contributed by atoms with Gasteiger partial charge in [-0.3, -0.25) is 4.98 Å². The van der Waals surface area contributed by atoms with Gasteiger partial charge >= 0.3 is 0 Å². The van der Waals surface area contributed by atoms with E-state index in [-0.39, 0.29) is 0 Å². The summed E-state index contributed by atoms with van der Waals surface area (Å²) < 4.78 is 0. The fraction of sp³-hybridized carbons (Fsp3) is 0.125. The van der Waals surface area contributed by atoms with Gasteiger partial charge < -0.3 is 0 Å². The highest BCUT2D eigenvalue weighted by molar-refractivity contribution is 7.80. The van der Waals surface area contributed by atoms with Crippen LogP contribution in [0.15, 0.2) is 30.6 Å². The van der Waals surface area contributed by atoms with Crippen LogP contribution in [0.25, 0.3) is 6.08 Å². The minimum absolute atomic E-state index is 0.662. The lowest BCUT2D eigenvalue weighted by molar-refractivity contribution is 1.32. The second-order valence-electron chi connectivity index (χ2n) is 1.86. The molecule has 1 heterocycles. The predicted octanol–water partition coefficient (Wildman–Crippen LogP) is 2.29. The van der Waals surface area contributed by atoms with Gasteiger partial charge in [-0.2, -0.15) is 0 Å².